The molecule has 1 aromatic rings. The van der Waals surface area contributed by atoms with Crippen molar-refractivity contribution in [1.29, 1.82) is 0 Å². The van der Waals surface area contributed by atoms with Gasteiger partial charge in [-0.05, 0) is 51.0 Å². The number of anilines is 1. The number of amides is 1. The van der Waals surface area contributed by atoms with Gasteiger partial charge in [0.1, 0.15) is 5.60 Å². The van der Waals surface area contributed by atoms with E-state index in [2.05, 4.69) is 55.1 Å². The van der Waals surface area contributed by atoms with E-state index < -0.39 is 25.8 Å². The van der Waals surface area contributed by atoms with Crippen molar-refractivity contribution >= 4 is 36.0 Å². The third-order valence-electron chi connectivity index (χ3n) is 4.21. The Kier molecular flexibility index (Phi) is 6.86. The zero-order valence-corrected chi connectivity index (χ0v) is 18.9. The molecule has 0 aliphatic heterocycles. The average molecular weight is 434 g/mol. The molecule has 7 heteroatoms. The largest absolute Gasteiger partial charge is 0.444 e. The van der Waals surface area contributed by atoms with Gasteiger partial charge in [0.25, 0.3) is 0 Å². The second kappa shape index (κ2) is 7.76. The van der Waals surface area contributed by atoms with Crippen LogP contribution in [0.4, 0.5) is 14.9 Å². The molecule has 0 atom stereocenters. The van der Waals surface area contributed by atoms with E-state index in [9.17, 15) is 9.18 Å². The Bertz CT molecular complexity index is 636. The standard InChI is InChI=1S/C18H29BrFNO3Si/c1-17(2,3)24-16(22)21-14-10-9-13(19)12(15(14)20)11-23-25(7,8)18(4,5)6/h9-10H,11H2,1-8H3,(H,21,22). The van der Waals surface area contributed by atoms with E-state index in [1.807, 2.05) is 0 Å². The molecule has 142 valence electrons. The van der Waals surface area contributed by atoms with E-state index in [4.69, 9.17) is 9.16 Å². The number of nitrogens with one attached hydrogen (secondary N) is 1. The van der Waals surface area contributed by atoms with Crippen molar-refractivity contribution in [1.82, 2.24) is 0 Å². The summed E-state index contributed by atoms with van der Waals surface area (Å²) >= 11 is 3.37. The van der Waals surface area contributed by atoms with Gasteiger partial charge in [-0.2, -0.15) is 0 Å². The monoisotopic (exact) mass is 433 g/mol. The minimum atomic E-state index is -2.01. The molecular weight excluding hydrogens is 405 g/mol. The lowest BCUT2D eigenvalue weighted by Gasteiger charge is -2.36. The van der Waals surface area contributed by atoms with E-state index in [-0.39, 0.29) is 17.3 Å². The number of rotatable bonds is 4. The van der Waals surface area contributed by atoms with Crippen molar-refractivity contribution < 1.29 is 18.3 Å². The Labute approximate surface area is 159 Å². The molecule has 0 aromatic heterocycles. The summed E-state index contributed by atoms with van der Waals surface area (Å²) in [6.07, 6.45) is -0.690. The first kappa shape index (κ1) is 22.1. The molecule has 1 amide bonds. The quantitative estimate of drug-likeness (QED) is 0.554. The highest BCUT2D eigenvalue weighted by Gasteiger charge is 2.37. The third-order valence-corrected chi connectivity index (χ3v) is 9.43. The number of carbonyl (C=O) groups is 1. The van der Waals surface area contributed by atoms with Crippen LogP contribution in [-0.2, 0) is 15.8 Å². The van der Waals surface area contributed by atoms with Gasteiger partial charge in [-0.1, -0.05) is 36.7 Å². The summed E-state index contributed by atoms with van der Waals surface area (Å²) < 4.78 is 26.7. The van der Waals surface area contributed by atoms with Gasteiger partial charge in [0.15, 0.2) is 14.1 Å². The average Bonchev–Trinajstić information content (AvgIpc) is 2.38. The van der Waals surface area contributed by atoms with Crippen LogP contribution < -0.4 is 5.32 Å². The zero-order chi connectivity index (χ0) is 19.6. The fourth-order valence-electron chi connectivity index (χ4n) is 1.71. The minimum absolute atomic E-state index is 0.0301. The molecule has 0 spiro atoms. The lowest BCUT2D eigenvalue weighted by Crippen LogP contribution is -2.40. The highest BCUT2D eigenvalue weighted by Crippen LogP contribution is 2.38. The van der Waals surface area contributed by atoms with E-state index >= 15 is 0 Å². The van der Waals surface area contributed by atoms with Gasteiger partial charge in [-0.3, -0.25) is 5.32 Å². The second-order valence-corrected chi connectivity index (χ2v) is 14.2. The van der Waals surface area contributed by atoms with Crippen LogP contribution in [-0.4, -0.2) is 20.0 Å². The van der Waals surface area contributed by atoms with Gasteiger partial charge < -0.3 is 9.16 Å². The van der Waals surface area contributed by atoms with Gasteiger partial charge in [-0.15, -0.1) is 0 Å². The van der Waals surface area contributed by atoms with Crippen molar-refractivity contribution in [3.63, 3.8) is 0 Å². The molecule has 0 unspecified atom stereocenters. The number of ether oxygens (including phenoxy) is 1. The predicted molar refractivity (Wildman–Crippen MR) is 106 cm³/mol. The molecule has 25 heavy (non-hydrogen) atoms. The van der Waals surface area contributed by atoms with Crippen molar-refractivity contribution in [2.24, 2.45) is 0 Å². The van der Waals surface area contributed by atoms with Crippen molar-refractivity contribution in [2.45, 2.75) is 71.9 Å². The van der Waals surface area contributed by atoms with Crippen LogP contribution in [0.5, 0.6) is 0 Å². The Morgan fingerprint density at radius 1 is 1.20 bits per heavy atom. The van der Waals surface area contributed by atoms with Crippen LogP contribution in [0, 0.1) is 5.82 Å². The number of carbonyl (C=O) groups excluding carboxylic acids is 1. The summed E-state index contributed by atoms with van der Waals surface area (Å²) in [5.74, 6) is -0.515. The summed E-state index contributed by atoms with van der Waals surface area (Å²) in [7, 11) is -2.01. The summed E-state index contributed by atoms with van der Waals surface area (Å²) in [5.41, 5.74) is -0.186. The summed E-state index contributed by atoms with van der Waals surface area (Å²) in [5, 5.41) is 2.49. The molecule has 0 radical (unpaired) electrons. The molecule has 0 aliphatic rings. The summed E-state index contributed by atoms with van der Waals surface area (Å²) in [6, 6.07) is 3.19. The third kappa shape index (κ3) is 6.38. The first-order valence-corrected chi connectivity index (χ1v) is 11.9. The van der Waals surface area contributed by atoms with E-state index in [0.29, 0.717) is 10.0 Å². The maximum Gasteiger partial charge on any atom is 0.412 e. The fraction of sp³-hybridized carbons (Fsp3) is 0.611. The minimum Gasteiger partial charge on any atom is -0.444 e. The first-order chi connectivity index (χ1) is 11.1. The van der Waals surface area contributed by atoms with Crippen molar-refractivity contribution in [2.75, 3.05) is 5.32 Å². The predicted octanol–water partition coefficient (Wildman–Crippen LogP) is 6.46. The van der Waals surface area contributed by atoms with E-state index in [1.54, 1.807) is 26.8 Å². The van der Waals surface area contributed by atoms with Crippen LogP contribution in [0.25, 0.3) is 0 Å². The Hall–Kier alpha value is -0.923. The highest BCUT2D eigenvalue weighted by atomic mass is 79.9. The summed E-state index contributed by atoms with van der Waals surface area (Å²) in [4.78, 5) is 11.9. The molecule has 0 saturated carbocycles. The van der Waals surface area contributed by atoms with Crippen LogP contribution in [0.1, 0.15) is 47.1 Å². The van der Waals surface area contributed by atoms with Crippen LogP contribution >= 0.6 is 15.9 Å². The van der Waals surface area contributed by atoms with E-state index in [0.717, 1.165) is 0 Å². The zero-order valence-electron chi connectivity index (χ0n) is 16.3. The van der Waals surface area contributed by atoms with Gasteiger partial charge in [0, 0.05) is 10.0 Å². The topological polar surface area (TPSA) is 47.6 Å². The molecule has 1 N–H and O–H groups in total. The van der Waals surface area contributed by atoms with Crippen LogP contribution in [0.3, 0.4) is 0 Å². The maximum absolute atomic E-state index is 14.8. The molecule has 0 aliphatic carbocycles. The fourth-order valence-corrected chi connectivity index (χ4v) is 3.07. The van der Waals surface area contributed by atoms with E-state index in [1.165, 1.54) is 6.07 Å². The Morgan fingerprint density at radius 2 is 1.76 bits per heavy atom. The van der Waals surface area contributed by atoms with Gasteiger partial charge >= 0.3 is 6.09 Å². The Morgan fingerprint density at radius 3 is 2.24 bits per heavy atom. The molecule has 0 heterocycles. The molecule has 0 bridgehead atoms. The molecule has 1 aromatic carbocycles. The van der Waals surface area contributed by atoms with Crippen molar-refractivity contribution in [3.05, 3.63) is 28.0 Å². The maximum atomic E-state index is 14.8. The second-order valence-electron chi connectivity index (χ2n) is 8.56. The SMILES string of the molecule is CC(C)(C)OC(=O)Nc1ccc(Br)c(CO[Si](C)(C)C(C)(C)C)c1F. The van der Waals surface area contributed by atoms with Crippen molar-refractivity contribution in [3.8, 4) is 0 Å². The van der Waals surface area contributed by atoms with Gasteiger partial charge in [-0.25, -0.2) is 9.18 Å². The Balaban J connectivity index is 2.98. The van der Waals surface area contributed by atoms with Crippen LogP contribution in [0.2, 0.25) is 18.1 Å². The van der Waals surface area contributed by atoms with Gasteiger partial charge in [0.2, 0.25) is 0 Å². The molecule has 1 rings (SSSR count). The van der Waals surface area contributed by atoms with Gasteiger partial charge in [0.05, 0.1) is 12.3 Å². The molecule has 0 fully saturated rings. The molecule has 4 nitrogen and oxygen atoms in total. The van der Waals surface area contributed by atoms with Crippen LogP contribution in [0.15, 0.2) is 16.6 Å². The lowest BCUT2D eigenvalue weighted by atomic mass is 10.2. The number of hydrogen-bond donors (Lipinski definition) is 1. The molecule has 0 saturated heterocycles. The first-order valence-electron chi connectivity index (χ1n) is 8.25. The smallest absolute Gasteiger partial charge is 0.412 e. The number of halogens is 2. The lowest BCUT2D eigenvalue weighted by molar-refractivity contribution is 0.0635. The summed E-state index contributed by atoms with van der Waals surface area (Å²) in [6.45, 7) is 16.0. The molecular formula is C18H29BrFNO3Si. The highest BCUT2D eigenvalue weighted by molar-refractivity contribution is 9.10. The number of benzene rings is 1. The number of hydrogen-bond acceptors (Lipinski definition) is 3. The normalized spacial score (nSPS) is 12.9.